The quantitative estimate of drug-likeness (QED) is 0.700. The summed E-state index contributed by atoms with van der Waals surface area (Å²) < 4.78 is 37.2. The average Bonchev–Trinajstić information content (AvgIpc) is 3.19. The van der Waals surface area contributed by atoms with Gasteiger partial charge in [-0.3, -0.25) is 9.47 Å². The maximum atomic E-state index is 15.4. The van der Waals surface area contributed by atoms with E-state index in [1.807, 2.05) is 0 Å². The van der Waals surface area contributed by atoms with Crippen molar-refractivity contribution in [2.24, 2.45) is 11.7 Å². The number of nitrogens with one attached hydrogen (secondary N) is 1. The average molecular weight is 394 g/mol. The number of carboxylic acid groups (broad SMARTS) is 1. The summed E-state index contributed by atoms with van der Waals surface area (Å²) in [6.45, 7) is 1.43. The molecule has 28 heavy (non-hydrogen) atoms. The maximum Gasteiger partial charge on any atom is 0.341 e. The van der Waals surface area contributed by atoms with Gasteiger partial charge in [-0.15, -0.1) is 0 Å². The molecule has 4 rings (SSSR count). The molecule has 2 aliphatic rings. The van der Waals surface area contributed by atoms with Crippen LogP contribution in [0.1, 0.15) is 16.8 Å². The van der Waals surface area contributed by atoms with Gasteiger partial charge in [-0.25, -0.2) is 13.6 Å². The number of nitrogens with zero attached hydrogens (tertiary/aromatic N) is 2. The number of hydrogen-bond donors (Lipinski definition) is 3. The molecule has 10 heteroatoms. The molecule has 0 radical (unpaired) electrons. The standard InChI is InChI=1S/C18H20F2N4O4/c1-22-24-6-11(17(26)27)16(25)10-4-12(19)15(13(20)14(10)24)23-5-9-2-3-28-18(9,7-21)8-23/h4,6,9,22H,2-3,5,7-8,21H2,1H3,(H,26,27). The number of fused-ring (bicyclic) bond motifs is 2. The Bertz CT molecular complexity index is 1040. The summed E-state index contributed by atoms with van der Waals surface area (Å²) in [7, 11) is 1.44. The number of hydrogen-bond acceptors (Lipinski definition) is 6. The molecule has 0 aliphatic carbocycles. The molecule has 1 aromatic heterocycles. The molecule has 2 unspecified atom stereocenters. The molecule has 0 spiro atoms. The molecular formula is C18H20F2N4O4. The van der Waals surface area contributed by atoms with Gasteiger partial charge in [-0.2, -0.15) is 0 Å². The largest absolute Gasteiger partial charge is 0.477 e. The number of carboxylic acids is 1. The first kappa shape index (κ1) is 18.6. The van der Waals surface area contributed by atoms with E-state index in [4.69, 9.17) is 10.5 Å². The predicted octanol–water partition coefficient (Wildman–Crippen LogP) is 0.705. The Hall–Kier alpha value is -2.72. The number of halogens is 2. The molecular weight excluding hydrogens is 374 g/mol. The summed E-state index contributed by atoms with van der Waals surface area (Å²) >= 11 is 0. The van der Waals surface area contributed by atoms with Crippen LogP contribution >= 0.6 is 0 Å². The fraction of sp³-hybridized carbons (Fsp3) is 0.444. The minimum absolute atomic E-state index is 0.0628. The first-order chi connectivity index (χ1) is 13.3. The molecule has 1 aromatic carbocycles. The second kappa shape index (κ2) is 6.42. The summed E-state index contributed by atoms with van der Waals surface area (Å²) in [5, 5.41) is 8.85. The Morgan fingerprint density at radius 3 is 2.86 bits per heavy atom. The van der Waals surface area contributed by atoms with Crippen LogP contribution in [-0.2, 0) is 4.74 Å². The van der Waals surface area contributed by atoms with E-state index in [1.54, 1.807) is 4.90 Å². The van der Waals surface area contributed by atoms with E-state index >= 15 is 4.39 Å². The highest BCUT2D eigenvalue weighted by Gasteiger charge is 2.51. The van der Waals surface area contributed by atoms with Crippen LogP contribution in [0.15, 0.2) is 17.1 Å². The van der Waals surface area contributed by atoms with Crippen LogP contribution in [0.5, 0.6) is 0 Å². The van der Waals surface area contributed by atoms with Crippen LogP contribution in [0.25, 0.3) is 10.9 Å². The van der Waals surface area contributed by atoms with Gasteiger partial charge in [0.2, 0.25) is 5.43 Å². The highest BCUT2D eigenvalue weighted by molar-refractivity contribution is 5.94. The van der Waals surface area contributed by atoms with Crippen LogP contribution in [0.2, 0.25) is 0 Å². The molecule has 150 valence electrons. The predicted molar refractivity (Wildman–Crippen MR) is 98.4 cm³/mol. The van der Waals surface area contributed by atoms with E-state index in [0.717, 1.165) is 23.4 Å². The lowest BCUT2D eigenvalue weighted by molar-refractivity contribution is 0.0126. The van der Waals surface area contributed by atoms with Crippen molar-refractivity contribution >= 4 is 22.6 Å². The molecule has 3 heterocycles. The van der Waals surface area contributed by atoms with Gasteiger partial charge in [0.25, 0.3) is 0 Å². The van der Waals surface area contributed by atoms with Crippen molar-refractivity contribution in [2.45, 2.75) is 12.0 Å². The second-order valence-electron chi connectivity index (χ2n) is 7.17. The van der Waals surface area contributed by atoms with E-state index in [0.29, 0.717) is 13.2 Å². The fourth-order valence-electron chi connectivity index (χ4n) is 4.36. The highest BCUT2D eigenvalue weighted by atomic mass is 19.1. The third kappa shape index (κ3) is 2.48. The maximum absolute atomic E-state index is 15.4. The number of aromatic nitrogens is 1. The van der Waals surface area contributed by atoms with E-state index in [1.165, 1.54) is 7.05 Å². The topological polar surface area (TPSA) is 110 Å². The summed E-state index contributed by atoms with van der Waals surface area (Å²) in [6.07, 6.45) is 1.74. The van der Waals surface area contributed by atoms with Crippen LogP contribution in [0, 0.1) is 17.6 Å². The second-order valence-corrected chi connectivity index (χ2v) is 7.17. The molecule has 2 fully saturated rings. The zero-order chi connectivity index (χ0) is 20.2. The number of carbonyl (C=O) groups is 1. The molecule has 0 saturated carbocycles. The molecule has 4 N–H and O–H groups in total. The molecule has 0 bridgehead atoms. The van der Waals surface area contributed by atoms with E-state index in [-0.39, 0.29) is 35.6 Å². The Balaban J connectivity index is 1.91. The Kier molecular flexibility index (Phi) is 4.27. The van der Waals surface area contributed by atoms with Crippen LogP contribution in [-0.4, -0.2) is 54.6 Å². The van der Waals surface area contributed by atoms with Gasteiger partial charge >= 0.3 is 5.97 Å². The zero-order valence-corrected chi connectivity index (χ0v) is 15.2. The van der Waals surface area contributed by atoms with Gasteiger partial charge in [0.05, 0.1) is 5.39 Å². The lowest BCUT2D eigenvalue weighted by Crippen LogP contribution is -2.44. The number of benzene rings is 1. The van der Waals surface area contributed by atoms with Crippen molar-refractivity contribution in [3.05, 3.63) is 39.7 Å². The molecule has 8 nitrogen and oxygen atoms in total. The Morgan fingerprint density at radius 1 is 1.50 bits per heavy atom. The lowest BCUT2D eigenvalue weighted by Gasteiger charge is -2.27. The Morgan fingerprint density at radius 2 is 2.25 bits per heavy atom. The number of aromatic carboxylic acids is 1. The van der Waals surface area contributed by atoms with Crippen LogP contribution < -0.4 is 21.5 Å². The SMILES string of the molecule is CNn1cc(C(=O)O)c(=O)c2cc(F)c(N3CC4CCOC4(CN)C3)c(F)c21. The number of anilines is 1. The van der Waals surface area contributed by atoms with Gasteiger partial charge in [0, 0.05) is 45.4 Å². The van der Waals surface area contributed by atoms with Gasteiger partial charge in [0.15, 0.2) is 5.82 Å². The van der Waals surface area contributed by atoms with Crippen molar-refractivity contribution in [1.82, 2.24) is 4.68 Å². The van der Waals surface area contributed by atoms with Crippen LogP contribution in [0.4, 0.5) is 14.5 Å². The third-order valence-electron chi connectivity index (χ3n) is 5.79. The molecule has 0 amide bonds. The first-order valence-electron chi connectivity index (χ1n) is 8.90. The van der Waals surface area contributed by atoms with E-state index in [2.05, 4.69) is 5.43 Å². The third-order valence-corrected chi connectivity index (χ3v) is 5.79. The minimum atomic E-state index is -1.48. The highest BCUT2D eigenvalue weighted by Crippen LogP contribution is 2.42. The Labute approximate surface area is 158 Å². The summed E-state index contributed by atoms with van der Waals surface area (Å²) in [4.78, 5) is 25.3. The molecule has 2 atom stereocenters. The van der Waals surface area contributed by atoms with E-state index in [9.17, 15) is 19.1 Å². The summed E-state index contributed by atoms with van der Waals surface area (Å²) in [5.41, 5.74) is 5.84. The van der Waals surface area contributed by atoms with Gasteiger partial charge in [0.1, 0.15) is 28.2 Å². The monoisotopic (exact) mass is 394 g/mol. The normalized spacial score (nSPS) is 24.0. The fourth-order valence-corrected chi connectivity index (χ4v) is 4.36. The van der Waals surface area contributed by atoms with Gasteiger partial charge in [-0.05, 0) is 12.5 Å². The van der Waals surface area contributed by atoms with Crippen molar-refractivity contribution in [2.75, 3.05) is 43.6 Å². The number of rotatable bonds is 4. The zero-order valence-electron chi connectivity index (χ0n) is 15.2. The summed E-state index contributed by atoms with van der Waals surface area (Å²) in [6, 6.07) is 0.889. The number of nitrogens with two attached hydrogens (primary N) is 1. The number of pyridine rings is 1. The molecule has 2 aromatic rings. The minimum Gasteiger partial charge on any atom is -0.477 e. The van der Waals surface area contributed by atoms with Crippen molar-refractivity contribution < 1.29 is 23.4 Å². The molecule has 2 saturated heterocycles. The number of ether oxygens (including phenoxy) is 1. The van der Waals surface area contributed by atoms with Gasteiger partial charge < -0.3 is 25.9 Å². The van der Waals surface area contributed by atoms with Crippen molar-refractivity contribution in [3.63, 3.8) is 0 Å². The van der Waals surface area contributed by atoms with Crippen LogP contribution in [0.3, 0.4) is 0 Å². The molecule has 2 aliphatic heterocycles. The van der Waals surface area contributed by atoms with Gasteiger partial charge in [-0.1, -0.05) is 0 Å². The smallest absolute Gasteiger partial charge is 0.341 e. The van der Waals surface area contributed by atoms with E-state index < -0.39 is 34.2 Å². The summed E-state index contributed by atoms with van der Waals surface area (Å²) in [5.74, 6) is -3.28. The van der Waals surface area contributed by atoms with Crippen molar-refractivity contribution in [1.29, 1.82) is 0 Å². The lowest BCUT2D eigenvalue weighted by atomic mass is 9.91. The van der Waals surface area contributed by atoms with Crippen molar-refractivity contribution in [3.8, 4) is 0 Å². The first-order valence-corrected chi connectivity index (χ1v) is 8.90.